The number of ether oxygens (including phenoxy) is 4. The van der Waals surface area contributed by atoms with Gasteiger partial charge in [0.25, 0.3) is 0 Å². The minimum atomic E-state index is 0.185. The van der Waals surface area contributed by atoms with Crippen LogP contribution in [0.5, 0.6) is 0 Å². The molecule has 0 aromatic heterocycles. The van der Waals surface area contributed by atoms with E-state index in [1.807, 2.05) is 0 Å². The largest absolute Gasteiger partial charge is 0.359 e. The number of hydrogen-bond donors (Lipinski definition) is 0. The summed E-state index contributed by atoms with van der Waals surface area (Å²) in [6.07, 6.45) is 1.65. The molecule has 0 atom stereocenters. The van der Waals surface area contributed by atoms with Gasteiger partial charge in [-0.3, -0.25) is 0 Å². The third kappa shape index (κ3) is 9.58. The van der Waals surface area contributed by atoms with Crippen LogP contribution in [0.1, 0.15) is 0 Å². The molecule has 0 aliphatic carbocycles. The first-order valence-electron chi connectivity index (χ1n) is 3.25. The Balaban J connectivity index is 2.74. The lowest BCUT2D eigenvalue weighted by Gasteiger charge is -2.03. The van der Waals surface area contributed by atoms with Crippen LogP contribution in [0.15, 0.2) is 12.7 Å². The van der Waals surface area contributed by atoms with Crippen molar-refractivity contribution in [2.75, 3.05) is 34.1 Å². The van der Waals surface area contributed by atoms with Gasteiger partial charge in [-0.05, 0) is 0 Å². The maximum Gasteiger partial charge on any atom is 0.152 e. The fourth-order valence-corrected chi connectivity index (χ4v) is 0.401. The zero-order chi connectivity index (χ0) is 8.36. The Morgan fingerprint density at radius 1 is 1.09 bits per heavy atom. The van der Waals surface area contributed by atoms with Crippen LogP contribution in [0.4, 0.5) is 0 Å². The summed E-state index contributed by atoms with van der Waals surface area (Å²) in [5.41, 5.74) is 0. The van der Waals surface area contributed by atoms with E-state index in [-0.39, 0.29) is 20.4 Å². The average Bonchev–Trinajstić information content (AvgIpc) is 2.03. The summed E-state index contributed by atoms with van der Waals surface area (Å²) in [6, 6.07) is 0. The molecule has 0 aliphatic heterocycles. The Morgan fingerprint density at radius 3 is 2.36 bits per heavy atom. The summed E-state index contributed by atoms with van der Waals surface area (Å²) in [6.45, 7) is 4.61. The maximum absolute atomic E-state index is 4.90. The fourth-order valence-electron chi connectivity index (χ4n) is 0.401. The van der Waals surface area contributed by atoms with Crippen LogP contribution in [-0.4, -0.2) is 34.1 Å². The molecular formula is C7H14O4. The van der Waals surface area contributed by atoms with Crippen LogP contribution in [0.2, 0.25) is 0 Å². The van der Waals surface area contributed by atoms with E-state index in [4.69, 9.17) is 14.2 Å². The van der Waals surface area contributed by atoms with Gasteiger partial charge >= 0.3 is 0 Å². The first-order valence-corrected chi connectivity index (χ1v) is 3.25. The molecule has 0 N–H and O–H groups in total. The molecule has 0 heterocycles. The minimum Gasteiger partial charge on any atom is -0.359 e. The number of rotatable bonds is 8. The van der Waals surface area contributed by atoms with Crippen molar-refractivity contribution in [1.82, 2.24) is 0 Å². The van der Waals surface area contributed by atoms with Crippen LogP contribution in [-0.2, 0) is 18.9 Å². The van der Waals surface area contributed by atoms with E-state index in [0.717, 1.165) is 0 Å². The Morgan fingerprint density at radius 2 is 1.73 bits per heavy atom. The van der Waals surface area contributed by atoms with E-state index in [9.17, 15) is 0 Å². The van der Waals surface area contributed by atoms with Crippen molar-refractivity contribution in [3.8, 4) is 0 Å². The smallest absolute Gasteiger partial charge is 0.152 e. The average molecular weight is 162 g/mol. The quantitative estimate of drug-likeness (QED) is 0.300. The molecule has 11 heavy (non-hydrogen) atoms. The van der Waals surface area contributed by atoms with Crippen LogP contribution in [0, 0.1) is 0 Å². The van der Waals surface area contributed by atoms with E-state index in [0.29, 0.717) is 6.61 Å². The second kappa shape index (κ2) is 9.58. The summed E-state index contributed by atoms with van der Waals surface area (Å²) in [4.78, 5) is 0. The van der Waals surface area contributed by atoms with Crippen molar-refractivity contribution < 1.29 is 18.9 Å². The van der Waals surface area contributed by atoms with Crippen molar-refractivity contribution in [1.29, 1.82) is 0 Å². The van der Waals surface area contributed by atoms with Crippen molar-refractivity contribution >= 4 is 0 Å². The molecular weight excluding hydrogens is 148 g/mol. The monoisotopic (exact) mass is 162 g/mol. The summed E-state index contributed by atoms with van der Waals surface area (Å²) in [7, 11) is 1.55. The van der Waals surface area contributed by atoms with E-state index in [1.54, 1.807) is 13.2 Å². The summed E-state index contributed by atoms with van der Waals surface area (Å²) in [5, 5.41) is 0. The summed E-state index contributed by atoms with van der Waals surface area (Å²) >= 11 is 0. The Bertz CT molecular complexity index is 84.5. The standard InChI is InChI=1S/C7H14O4/c1-3-4-9-6-11-7-10-5-8-2/h3H,1,4-7H2,2H3. The highest BCUT2D eigenvalue weighted by Gasteiger charge is 1.85. The van der Waals surface area contributed by atoms with E-state index >= 15 is 0 Å². The van der Waals surface area contributed by atoms with Gasteiger partial charge in [0.1, 0.15) is 13.6 Å². The van der Waals surface area contributed by atoms with Gasteiger partial charge in [0.05, 0.1) is 6.61 Å². The summed E-state index contributed by atoms with van der Waals surface area (Å²) in [5.74, 6) is 0. The van der Waals surface area contributed by atoms with E-state index in [1.165, 1.54) is 0 Å². The van der Waals surface area contributed by atoms with E-state index < -0.39 is 0 Å². The Kier molecular flexibility index (Phi) is 9.21. The van der Waals surface area contributed by atoms with Gasteiger partial charge < -0.3 is 18.9 Å². The lowest BCUT2D eigenvalue weighted by molar-refractivity contribution is -0.161. The number of hydrogen-bond acceptors (Lipinski definition) is 4. The molecule has 0 spiro atoms. The van der Waals surface area contributed by atoms with Crippen LogP contribution >= 0.6 is 0 Å². The van der Waals surface area contributed by atoms with Crippen molar-refractivity contribution in [3.05, 3.63) is 12.7 Å². The molecule has 4 heteroatoms. The Hall–Kier alpha value is -0.420. The van der Waals surface area contributed by atoms with Gasteiger partial charge in [0.15, 0.2) is 6.79 Å². The van der Waals surface area contributed by atoms with Gasteiger partial charge in [-0.15, -0.1) is 6.58 Å². The lowest BCUT2D eigenvalue weighted by Crippen LogP contribution is -2.06. The molecule has 0 bridgehead atoms. The van der Waals surface area contributed by atoms with Crippen LogP contribution in [0.25, 0.3) is 0 Å². The molecule has 0 saturated carbocycles. The molecule has 0 radical (unpaired) electrons. The van der Waals surface area contributed by atoms with Gasteiger partial charge in [-0.25, -0.2) is 0 Å². The second-order valence-electron chi connectivity index (χ2n) is 1.71. The SMILES string of the molecule is C=CCOCOCOCOC. The molecule has 0 unspecified atom stereocenters. The lowest BCUT2D eigenvalue weighted by atomic mass is 10.7. The van der Waals surface area contributed by atoms with Crippen molar-refractivity contribution in [3.63, 3.8) is 0 Å². The predicted molar refractivity (Wildman–Crippen MR) is 39.9 cm³/mol. The maximum atomic E-state index is 4.90. The minimum absolute atomic E-state index is 0.185. The highest BCUT2D eigenvalue weighted by molar-refractivity contribution is 4.62. The highest BCUT2D eigenvalue weighted by atomic mass is 16.8. The zero-order valence-electron chi connectivity index (χ0n) is 6.75. The molecule has 0 rings (SSSR count). The first-order chi connectivity index (χ1) is 5.41. The third-order valence-corrected chi connectivity index (χ3v) is 0.770. The topological polar surface area (TPSA) is 36.9 Å². The molecule has 0 amide bonds. The fraction of sp³-hybridized carbons (Fsp3) is 0.714. The van der Waals surface area contributed by atoms with Gasteiger partial charge in [-0.2, -0.15) is 0 Å². The van der Waals surface area contributed by atoms with Crippen LogP contribution < -0.4 is 0 Å². The molecule has 0 aromatic rings. The third-order valence-electron chi connectivity index (χ3n) is 0.770. The first kappa shape index (κ1) is 10.6. The highest BCUT2D eigenvalue weighted by Crippen LogP contribution is 1.81. The van der Waals surface area contributed by atoms with Crippen molar-refractivity contribution in [2.24, 2.45) is 0 Å². The van der Waals surface area contributed by atoms with Crippen LogP contribution in [0.3, 0.4) is 0 Å². The molecule has 0 fully saturated rings. The summed E-state index contributed by atoms with van der Waals surface area (Å²) < 4.78 is 19.2. The number of methoxy groups -OCH3 is 1. The predicted octanol–water partition coefficient (Wildman–Crippen LogP) is 0.741. The van der Waals surface area contributed by atoms with Crippen molar-refractivity contribution in [2.45, 2.75) is 0 Å². The molecule has 0 saturated heterocycles. The molecule has 66 valence electrons. The molecule has 0 aliphatic rings. The molecule has 4 nitrogen and oxygen atoms in total. The van der Waals surface area contributed by atoms with Gasteiger partial charge in [-0.1, -0.05) is 6.08 Å². The zero-order valence-corrected chi connectivity index (χ0v) is 6.75. The van der Waals surface area contributed by atoms with E-state index in [2.05, 4.69) is 11.3 Å². The Labute approximate surface area is 66.7 Å². The van der Waals surface area contributed by atoms with Gasteiger partial charge in [0.2, 0.25) is 0 Å². The van der Waals surface area contributed by atoms with Gasteiger partial charge in [0, 0.05) is 7.11 Å². The normalized spacial score (nSPS) is 9.91. The second-order valence-corrected chi connectivity index (χ2v) is 1.71. The molecule has 0 aromatic carbocycles.